The van der Waals surface area contributed by atoms with E-state index in [-0.39, 0.29) is 24.1 Å². The van der Waals surface area contributed by atoms with Crippen LogP contribution in [-0.4, -0.2) is 45.5 Å². The van der Waals surface area contributed by atoms with Crippen LogP contribution in [-0.2, 0) is 9.53 Å². The molecule has 0 spiro atoms. The number of alkyl halides is 3. The average Bonchev–Trinajstić information content (AvgIpc) is 2.54. The Hall–Kier alpha value is -1.51. The van der Waals surface area contributed by atoms with Gasteiger partial charge in [0.1, 0.15) is 5.75 Å². The highest BCUT2D eigenvalue weighted by atomic mass is 35.5. The van der Waals surface area contributed by atoms with Crippen LogP contribution in [0.25, 0.3) is 0 Å². The van der Waals surface area contributed by atoms with E-state index in [9.17, 15) is 18.0 Å². The zero-order valence-electron chi connectivity index (χ0n) is 13.8. The Morgan fingerprint density at radius 2 is 2.00 bits per heavy atom. The van der Waals surface area contributed by atoms with E-state index < -0.39 is 18.2 Å². The largest absolute Gasteiger partial charge is 0.484 e. The topological polar surface area (TPSA) is 59.6 Å². The summed E-state index contributed by atoms with van der Waals surface area (Å²) in [6.45, 7) is 0.353. The van der Waals surface area contributed by atoms with Gasteiger partial charge in [0, 0.05) is 18.9 Å². The van der Waals surface area contributed by atoms with Crippen LogP contribution in [0.3, 0.4) is 0 Å². The fraction of sp³-hybridized carbons (Fsp3) is 0.562. The third-order valence-corrected chi connectivity index (χ3v) is 3.96. The molecule has 0 radical (unpaired) electrons. The van der Waals surface area contributed by atoms with Crippen molar-refractivity contribution in [1.29, 1.82) is 0 Å². The van der Waals surface area contributed by atoms with Crippen LogP contribution in [0, 0.1) is 5.41 Å². The molecule has 5 nitrogen and oxygen atoms in total. The Morgan fingerprint density at radius 3 is 2.60 bits per heavy atom. The third-order valence-electron chi connectivity index (χ3n) is 3.96. The fourth-order valence-electron chi connectivity index (χ4n) is 2.71. The highest BCUT2D eigenvalue weighted by Gasteiger charge is 2.39. The number of methoxy groups -OCH3 is 1. The van der Waals surface area contributed by atoms with Crippen molar-refractivity contribution in [1.82, 2.24) is 5.32 Å². The maximum Gasteiger partial charge on any atom is 0.422 e. The Bertz CT molecular complexity index is 558. The zero-order valence-corrected chi connectivity index (χ0v) is 14.6. The average molecular weight is 383 g/mol. The van der Waals surface area contributed by atoms with Crippen molar-refractivity contribution in [2.45, 2.75) is 19.0 Å². The molecule has 142 valence electrons. The van der Waals surface area contributed by atoms with Gasteiger partial charge in [-0.05, 0) is 38.1 Å². The number of amides is 1. The van der Waals surface area contributed by atoms with Crippen LogP contribution in [0.2, 0.25) is 0 Å². The quantitative estimate of drug-likeness (QED) is 0.794. The van der Waals surface area contributed by atoms with Crippen LogP contribution in [0.5, 0.6) is 5.75 Å². The number of benzene rings is 1. The van der Waals surface area contributed by atoms with Gasteiger partial charge < -0.3 is 20.1 Å². The van der Waals surface area contributed by atoms with Gasteiger partial charge in [-0.25, -0.2) is 0 Å². The molecule has 2 rings (SSSR count). The van der Waals surface area contributed by atoms with Gasteiger partial charge in [0.25, 0.3) is 0 Å². The summed E-state index contributed by atoms with van der Waals surface area (Å²) in [6.07, 6.45) is -3.13. The maximum atomic E-state index is 12.7. The van der Waals surface area contributed by atoms with E-state index in [0.29, 0.717) is 38.2 Å². The molecular formula is C16H22ClF3N2O3. The van der Waals surface area contributed by atoms with Gasteiger partial charge in [0.15, 0.2) is 6.61 Å². The van der Waals surface area contributed by atoms with Crippen LogP contribution in [0.4, 0.5) is 18.9 Å². The number of rotatable bonds is 6. The van der Waals surface area contributed by atoms with Gasteiger partial charge in [0.2, 0.25) is 5.91 Å². The summed E-state index contributed by atoms with van der Waals surface area (Å²) in [7, 11) is 1.54. The van der Waals surface area contributed by atoms with Crippen molar-refractivity contribution in [3.05, 3.63) is 24.3 Å². The summed E-state index contributed by atoms with van der Waals surface area (Å²) in [5, 5.41) is 5.96. The summed E-state index contributed by atoms with van der Waals surface area (Å²) in [5.41, 5.74) is -0.239. The molecule has 0 bridgehead atoms. The van der Waals surface area contributed by atoms with Crippen molar-refractivity contribution < 1.29 is 27.4 Å². The normalized spacial score (nSPS) is 16.6. The number of nitrogens with one attached hydrogen (secondary N) is 2. The Kier molecular flexibility index (Phi) is 7.98. The lowest BCUT2D eigenvalue weighted by atomic mass is 9.78. The SMILES string of the molecule is COCC1(C(=O)Nc2cccc(OCC(F)(F)F)c2)CCNCC1.Cl. The smallest absolute Gasteiger partial charge is 0.422 e. The van der Waals surface area contributed by atoms with Crippen molar-refractivity contribution in [2.24, 2.45) is 5.41 Å². The minimum absolute atomic E-state index is 0. The second kappa shape index (κ2) is 9.26. The van der Waals surface area contributed by atoms with E-state index in [1.807, 2.05) is 0 Å². The predicted molar refractivity (Wildman–Crippen MR) is 90.3 cm³/mol. The number of carbonyl (C=O) groups is 1. The van der Waals surface area contributed by atoms with Crippen LogP contribution >= 0.6 is 12.4 Å². The molecule has 0 unspecified atom stereocenters. The molecule has 1 aromatic rings. The molecule has 1 aliphatic heterocycles. The van der Waals surface area contributed by atoms with E-state index in [4.69, 9.17) is 9.47 Å². The van der Waals surface area contributed by atoms with E-state index >= 15 is 0 Å². The van der Waals surface area contributed by atoms with Gasteiger partial charge in [-0.3, -0.25) is 4.79 Å². The molecule has 0 aliphatic carbocycles. The van der Waals surface area contributed by atoms with E-state index in [2.05, 4.69) is 10.6 Å². The number of anilines is 1. The molecule has 1 heterocycles. The van der Waals surface area contributed by atoms with E-state index in [1.165, 1.54) is 18.2 Å². The molecule has 0 atom stereocenters. The van der Waals surface area contributed by atoms with Gasteiger partial charge in [0.05, 0.1) is 12.0 Å². The molecule has 2 N–H and O–H groups in total. The van der Waals surface area contributed by atoms with Crippen molar-refractivity contribution in [2.75, 3.05) is 38.7 Å². The molecule has 1 saturated heterocycles. The van der Waals surface area contributed by atoms with Crippen molar-refractivity contribution in [3.8, 4) is 5.75 Å². The van der Waals surface area contributed by atoms with Gasteiger partial charge in [-0.15, -0.1) is 12.4 Å². The molecular weight excluding hydrogens is 361 g/mol. The lowest BCUT2D eigenvalue weighted by Crippen LogP contribution is -2.47. The molecule has 1 aliphatic rings. The minimum atomic E-state index is -4.41. The third kappa shape index (κ3) is 6.37. The summed E-state index contributed by atoms with van der Waals surface area (Å²) in [4.78, 5) is 12.7. The summed E-state index contributed by atoms with van der Waals surface area (Å²) in [5.74, 6) is -0.143. The first-order valence-electron chi connectivity index (χ1n) is 7.65. The molecule has 1 fully saturated rings. The number of hydrogen-bond donors (Lipinski definition) is 2. The summed E-state index contributed by atoms with van der Waals surface area (Å²) in [6, 6.07) is 5.94. The van der Waals surface area contributed by atoms with Crippen LogP contribution in [0.1, 0.15) is 12.8 Å². The maximum absolute atomic E-state index is 12.7. The molecule has 1 amide bonds. The van der Waals surface area contributed by atoms with Crippen molar-refractivity contribution >= 4 is 24.0 Å². The molecule has 0 aromatic heterocycles. The van der Waals surface area contributed by atoms with Gasteiger partial charge in [-0.1, -0.05) is 6.07 Å². The fourth-order valence-corrected chi connectivity index (χ4v) is 2.71. The van der Waals surface area contributed by atoms with Crippen LogP contribution < -0.4 is 15.4 Å². The second-order valence-corrected chi connectivity index (χ2v) is 5.85. The Labute approximate surface area is 150 Å². The Balaban J connectivity index is 0.00000312. The van der Waals surface area contributed by atoms with E-state index in [0.717, 1.165) is 0 Å². The lowest BCUT2D eigenvalue weighted by molar-refractivity contribution is -0.153. The number of carbonyl (C=O) groups excluding carboxylic acids is 1. The standard InChI is InChI=1S/C16H21F3N2O3.ClH/c1-23-10-15(5-7-20-8-6-15)14(22)21-12-3-2-4-13(9-12)24-11-16(17,18)19;/h2-4,9,20H,5-8,10-11H2,1H3,(H,21,22);1H. The van der Waals surface area contributed by atoms with Gasteiger partial charge in [-0.2, -0.15) is 13.2 Å². The number of halogens is 4. The van der Waals surface area contributed by atoms with E-state index in [1.54, 1.807) is 13.2 Å². The van der Waals surface area contributed by atoms with Gasteiger partial charge >= 0.3 is 6.18 Å². The number of hydrogen-bond acceptors (Lipinski definition) is 4. The Morgan fingerprint density at radius 1 is 1.32 bits per heavy atom. The highest BCUT2D eigenvalue weighted by Crippen LogP contribution is 2.31. The number of piperidine rings is 1. The first-order chi connectivity index (χ1) is 11.3. The monoisotopic (exact) mass is 382 g/mol. The molecule has 25 heavy (non-hydrogen) atoms. The molecule has 0 saturated carbocycles. The highest BCUT2D eigenvalue weighted by molar-refractivity contribution is 5.95. The van der Waals surface area contributed by atoms with Crippen LogP contribution in [0.15, 0.2) is 24.3 Å². The number of ether oxygens (including phenoxy) is 2. The summed E-state index contributed by atoms with van der Waals surface area (Å²) >= 11 is 0. The molecule has 9 heteroatoms. The zero-order chi connectivity index (χ0) is 17.6. The predicted octanol–water partition coefficient (Wildman–Crippen LogP) is 3.00. The molecule has 1 aromatic carbocycles. The first kappa shape index (κ1) is 21.5. The minimum Gasteiger partial charge on any atom is -0.484 e. The second-order valence-electron chi connectivity index (χ2n) is 5.85. The van der Waals surface area contributed by atoms with Crippen molar-refractivity contribution in [3.63, 3.8) is 0 Å². The summed E-state index contributed by atoms with van der Waals surface area (Å²) < 4.78 is 46.6. The lowest BCUT2D eigenvalue weighted by Gasteiger charge is -2.35. The first-order valence-corrected chi connectivity index (χ1v) is 7.65.